The molecule has 0 aliphatic carbocycles. The first-order valence-electron chi connectivity index (χ1n) is 4.80. The highest BCUT2D eigenvalue weighted by Gasteiger charge is 1.91. The smallest absolute Gasteiger partial charge is 0.0276 e. The lowest BCUT2D eigenvalue weighted by molar-refractivity contribution is 0.814. The number of hydrogen-bond donors (Lipinski definition) is 0. The van der Waals surface area contributed by atoms with E-state index in [9.17, 15) is 0 Å². The minimum Gasteiger partial charge on any atom is -0.124 e. The molecule has 0 heteroatoms. The van der Waals surface area contributed by atoms with Crippen molar-refractivity contribution in [3.05, 3.63) is 48.0 Å². The molecule has 0 heterocycles. The third-order valence-electron chi connectivity index (χ3n) is 1.91. The van der Waals surface area contributed by atoms with E-state index in [2.05, 4.69) is 56.7 Å². The molecule has 0 fully saturated rings. The summed E-state index contributed by atoms with van der Waals surface area (Å²) in [6, 6.07) is 10.6. The average molecular weight is 186 g/mol. The van der Waals surface area contributed by atoms with Crippen LogP contribution in [0.25, 0.3) is 0 Å². The Morgan fingerprint density at radius 1 is 1.21 bits per heavy atom. The van der Waals surface area contributed by atoms with E-state index < -0.39 is 0 Å². The van der Waals surface area contributed by atoms with Crippen molar-refractivity contribution in [2.24, 2.45) is 0 Å². The molecule has 1 aromatic rings. The van der Waals surface area contributed by atoms with Gasteiger partial charge < -0.3 is 0 Å². The summed E-state index contributed by atoms with van der Waals surface area (Å²) in [6.45, 7) is 5.97. The second-order valence-corrected chi connectivity index (χ2v) is 3.30. The molecule has 0 saturated carbocycles. The highest BCUT2D eigenvalue weighted by atomic mass is 14.0. The first kappa shape index (κ1) is 12.5. The van der Waals surface area contributed by atoms with Gasteiger partial charge in [-0.1, -0.05) is 35.9 Å². The van der Waals surface area contributed by atoms with Crippen molar-refractivity contribution >= 4 is 0 Å². The van der Waals surface area contributed by atoms with Crippen LogP contribution in [-0.4, -0.2) is 0 Å². The molecule has 0 nitrogen and oxygen atoms in total. The fraction of sp³-hybridized carbons (Fsp3) is 0.286. The maximum atomic E-state index is 4.00. The van der Waals surface area contributed by atoms with Crippen molar-refractivity contribution in [1.29, 1.82) is 0 Å². The molecule has 0 aliphatic heterocycles. The van der Waals surface area contributed by atoms with Crippen LogP contribution in [0.3, 0.4) is 0 Å². The molecular weight excluding hydrogens is 168 g/mol. The van der Waals surface area contributed by atoms with E-state index in [-0.39, 0.29) is 0 Å². The zero-order valence-electron chi connectivity index (χ0n) is 8.87. The Hall–Kier alpha value is -1.48. The normalized spacial score (nSPS) is 8.50. The largest absolute Gasteiger partial charge is 0.124 e. The van der Waals surface area contributed by atoms with Crippen LogP contribution in [0.2, 0.25) is 0 Å². The Bertz CT molecular complexity index is 267. The summed E-state index contributed by atoms with van der Waals surface area (Å²) < 4.78 is 0. The quantitative estimate of drug-likeness (QED) is 0.495. The monoisotopic (exact) mass is 186 g/mol. The van der Waals surface area contributed by atoms with E-state index in [0.29, 0.717) is 0 Å². The van der Waals surface area contributed by atoms with Crippen LogP contribution in [0.1, 0.15) is 25.3 Å². The summed E-state index contributed by atoms with van der Waals surface area (Å²) in [4.78, 5) is 0. The van der Waals surface area contributed by atoms with Crippen LogP contribution in [0.5, 0.6) is 0 Å². The molecule has 0 aliphatic rings. The minimum atomic E-state index is 1.15. The maximum Gasteiger partial charge on any atom is -0.0276 e. The highest BCUT2D eigenvalue weighted by Crippen LogP contribution is 2.07. The Morgan fingerprint density at radius 2 is 1.79 bits per heavy atom. The van der Waals surface area contributed by atoms with Gasteiger partial charge in [0.15, 0.2) is 0 Å². The van der Waals surface area contributed by atoms with Crippen molar-refractivity contribution in [2.75, 3.05) is 0 Å². The lowest BCUT2D eigenvalue weighted by Crippen LogP contribution is -1.84. The van der Waals surface area contributed by atoms with Crippen molar-refractivity contribution < 1.29 is 0 Å². The molecular formula is C14H18. The predicted molar refractivity (Wildman–Crippen MR) is 64.1 cm³/mol. The molecule has 0 spiro atoms. The predicted octanol–water partition coefficient (Wildman–Crippen LogP) is 3.83. The van der Waals surface area contributed by atoms with E-state index >= 15 is 0 Å². The van der Waals surface area contributed by atoms with Crippen molar-refractivity contribution in [3.8, 4) is 12.8 Å². The van der Waals surface area contributed by atoms with Gasteiger partial charge in [-0.25, -0.2) is 0 Å². The third kappa shape index (κ3) is 6.08. The van der Waals surface area contributed by atoms with E-state index in [1.165, 1.54) is 24.0 Å². The van der Waals surface area contributed by atoms with Crippen molar-refractivity contribution in [3.63, 3.8) is 0 Å². The zero-order chi connectivity index (χ0) is 10.8. The molecule has 0 amide bonds. The summed E-state index contributed by atoms with van der Waals surface area (Å²) in [7, 11) is 0. The SMILES string of the molecule is C#C.C=C(C)CCCc1ccccc1. The fourth-order valence-electron chi connectivity index (χ4n) is 1.24. The van der Waals surface area contributed by atoms with Crippen LogP contribution < -0.4 is 0 Å². The van der Waals surface area contributed by atoms with Gasteiger partial charge in [-0.15, -0.1) is 19.4 Å². The van der Waals surface area contributed by atoms with Gasteiger partial charge in [0, 0.05) is 0 Å². The topological polar surface area (TPSA) is 0 Å². The van der Waals surface area contributed by atoms with E-state index in [0.717, 1.165) is 6.42 Å². The fourth-order valence-corrected chi connectivity index (χ4v) is 1.24. The first-order valence-corrected chi connectivity index (χ1v) is 4.80. The van der Waals surface area contributed by atoms with Crippen LogP contribution in [0, 0.1) is 12.8 Å². The molecule has 0 bridgehead atoms. The number of rotatable bonds is 4. The van der Waals surface area contributed by atoms with Gasteiger partial charge in [-0.2, -0.15) is 0 Å². The Kier molecular flexibility index (Phi) is 7.27. The van der Waals surface area contributed by atoms with E-state index in [4.69, 9.17) is 0 Å². The summed E-state index contributed by atoms with van der Waals surface area (Å²) in [5, 5.41) is 0. The molecule has 0 aromatic heterocycles. The number of aryl methyl sites for hydroxylation is 1. The van der Waals surface area contributed by atoms with Gasteiger partial charge in [0.2, 0.25) is 0 Å². The second-order valence-electron chi connectivity index (χ2n) is 3.30. The van der Waals surface area contributed by atoms with Crippen LogP contribution >= 0.6 is 0 Å². The summed E-state index contributed by atoms with van der Waals surface area (Å²) in [5.41, 5.74) is 2.71. The average Bonchev–Trinajstić information content (AvgIpc) is 2.22. The van der Waals surface area contributed by atoms with Crippen LogP contribution in [0.15, 0.2) is 42.5 Å². The van der Waals surface area contributed by atoms with Crippen LogP contribution in [-0.2, 0) is 6.42 Å². The van der Waals surface area contributed by atoms with Crippen LogP contribution in [0.4, 0.5) is 0 Å². The lowest BCUT2D eigenvalue weighted by atomic mass is 10.1. The van der Waals surface area contributed by atoms with E-state index in [1.807, 2.05) is 0 Å². The number of benzene rings is 1. The second kappa shape index (κ2) is 8.13. The Morgan fingerprint density at radius 3 is 2.29 bits per heavy atom. The molecule has 0 radical (unpaired) electrons. The van der Waals surface area contributed by atoms with Crippen molar-refractivity contribution in [2.45, 2.75) is 26.2 Å². The van der Waals surface area contributed by atoms with Gasteiger partial charge in [0.1, 0.15) is 0 Å². The highest BCUT2D eigenvalue weighted by molar-refractivity contribution is 5.14. The molecule has 0 unspecified atom stereocenters. The molecule has 0 saturated heterocycles. The molecule has 0 atom stereocenters. The summed E-state index contributed by atoms with van der Waals surface area (Å²) in [6.07, 6.45) is 11.5. The molecule has 74 valence electrons. The third-order valence-corrected chi connectivity index (χ3v) is 1.91. The molecule has 14 heavy (non-hydrogen) atoms. The molecule has 0 N–H and O–H groups in total. The Labute approximate surface area is 87.7 Å². The first-order chi connectivity index (χ1) is 6.79. The minimum absolute atomic E-state index is 1.15. The van der Waals surface area contributed by atoms with Gasteiger partial charge in [0.25, 0.3) is 0 Å². The summed E-state index contributed by atoms with van der Waals surface area (Å²) >= 11 is 0. The summed E-state index contributed by atoms with van der Waals surface area (Å²) in [5.74, 6) is 0. The van der Waals surface area contributed by atoms with Gasteiger partial charge in [-0.05, 0) is 31.7 Å². The number of terminal acetylenes is 1. The number of allylic oxidation sites excluding steroid dienone is 1. The van der Waals surface area contributed by atoms with Gasteiger partial charge in [0.05, 0.1) is 0 Å². The zero-order valence-corrected chi connectivity index (χ0v) is 8.87. The maximum absolute atomic E-state index is 4.00. The molecule has 1 rings (SSSR count). The van der Waals surface area contributed by atoms with E-state index in [1.54, 1.807) is 0 Å². The molecule has 1 aromatic carbocycles. The standard InChI is InChI=1S/C12H16.C2H2/c1-11(2)7-6-10-12-8-4-3-5-9-12;1-2/h3-5,8-9H,1,6-7,10H2,2H3;1-2H. The Balaban J connectivity index is 0.000000791. The number of hydrogen-bond acceptors (Lipinski definition) is 0. The van der Waals surface area contributed by atoms with Gasteiger partial charge >= 0.3 is 0 Å². The lowest BCUT2D eigenvalue weighted by Gasteiger charge is -2.00. The van der Waals surface area contributed by atoms with Gasteiger partial charge in [-0.3, -0.25) is 0 Å². The van der Waals surface area contributed by atoms with Crippen molar-refractivity contribution in [1.82, 2.24) is 0 Å².